The van der Waals surface area contributed by atoms with Gasteiger partial charge in [-0.25, -0.2) is 4.98 Å². The number of benzene rings is 1. The Morgan fingerprint density at radius 1 is 0.960 bits per heavy atom. The Morgan fingerprint density at radius 2 is 1.60 bits per heavy atom. The maximum absolute atomic E-state index is 12.1. The Kier molecular flexibility index (Phi) is 6.26. The first-order valence-electron chi connectivity index (χ1n) is 8.19. The quantitative estimate of drug-likeness (QED) is 0.867. The molecule has 3 rings (SSSR count). The van der Waals surface area contributed by atoms with E-state index in [9.17, 15) is 4.79 Å². The fraction of sp³-hybridized carbons (Fsp3) is 0.333. The average molecular weight is 379 g/mol. The molecule has 0 unspecified atom stereocenters. The summed E-state index contributed by atoms with van der Waals surface area (Å²) in [5, 5.41) is 4.11. The van der Waals surface area contributed by atoms with Crippen LogP contribution in [0.1, 0.15) is 5.56 Å². The Morgan fingerprint density at radius 3 is 2.24 bits per heavy atom. The van der Waals surface area contributed by atoms with Crippen LogP contribution in [-0.2, 0) is 11.3 Å². The molecule has 1 amide bonds. The smallest absolute Gasteiger partial charge is 0.239 e. The molecule has 1 saturated heterocycles. The summed E-state index contributed by atoms with van der Waals surface area (Å²) in [6.45, 7) is 4.90. The number of carbonyl (C=O) groups excluding carboxylic acids is 1. The lowest BCUT2D eigenvalue weighted by Crippen LogP contribution is -2.48. The van der Waals surface area contributed by atoms with E-state index in [-0.39, 0.29) is 5.91 Å². The van der Waals surface area contributed by atoms with Gasteiger partial charge in [-0.15, -0.1) is 0 Å². The molecule has 7 heteroatoms. The number of hydrogen-bond donors (Lipinski definition) is 1. The van der Waals surface area contributed by atoms with Crippen LogP contribution in [0.4, 0.5) is 5.82 Å². The largest absolute Gasteiger partial charge is 0.310 e. The fourth-order valence-electron chi connectivity index (χ4n) is 2.79. The van der Waals surface area contributed by atoms with Gasteiger partial charge in [-0.05, 0) is 29.8 Å². The first-order valence-corrected chi connectivity index (χ1v) is 8.95. The molecular formula is C18H20Cl2N4O. The molecule has 1 aliphatic heterocycles. The molecule has 5 nitrogen and oxygen atoms in total. The second-order valence-electron chi connectivity index (χ2n) is 6.09. The summed E-state index contributed by atoms with van der Waals surface area (Å²) >= 11 is 11.7. The second-order valence-corrected chi connectivity index (χ2v) is 6.96. The first kappa shape index (κ1) is 18.1. The summed E-state index contributed by atoms with van der Waals surface area (Å²) in [7, 11) is 0. The van der Waals surface area contributed by atoms with Crippen LogP contribution in [0, 0.1) is 0 Å². The maximum Gasteiger partial charge on any atom is 0.239 e. The van der Waals surface area contributed by atoms with Crippen molar-refractivity contribution in [3.05, 3.63) is 58.2 Å². The number of aromatic nitrogens is 1. The van der Waals surface area contributed by atoms with Crippen molar-refractivity contribution in [3.8, 4) is 0 Å². The Hall–Kier alpha value is -1.66. The molecule has 0 atom stereocenters. The van der Waals surface area contributed by atoms with Gasteiger partial charge in [-0.1, -0.05) is 35.3 Å². The van der Waals surface area contributed by atoms with Crippen LogP contribution in [-0.4, -0.2) is 53.4 Å². The summed E-state index contributed by atoms with van der Waals surface area (Å²) in [4.78, 5) is 20.7. The van der Waals surface area contributed by atoms with Gasteiger partial charge in [0, 0.05) is 43.9 Å². The molecule has 132 valence electrons. The van der Waals surface area contributed by atoms with Crippen LogP contribution >= 0.6 is 23.2 Å². The molecule has 0 aliphatic carbocycles. The molecular weight excluding hydrogens is 359 g/mol. The number of piperazine rings is 1. The van der Waals surface area contributed by atoms with Crippen molar-refractivity contribution in [1.82, 2.24) is 14.8 Å². The van der Waals surface area contributed by atoms with Crippen LogP contribution in [0.2, 0.25) is 10.0 Å². The van der Waals surface area contributed by atoms with Gasteiger partial charge in [0.15, 0.2) is 0 Å². The van der Waals surface area contributed by atoms with Crippen molar-refractivity contribution in [2.24, 2.45) is 0 Å². The van der Waals surface area contributed by atoms with Gasteiger partial charge in [0.05, 0.1) is 11.6 Å². The van der Waals surface area contributed by atoms with Gasteiger partial charge in [0.25, 0.3) is 0 Å². The molecule has 2 heterocycles. The number of nitrogens with one attached hydrogen (secondary N) is 1. The summed E-state index contributed by atoms with van der Waals surface area (Å²) in [6.07, 6.45) is 1.52. The first-order chi connectivity index (χ1) is 12.1. The SMILES string of the molecule is O=C(CN1CCN(Cc2ccc(Cl)cc2)CC1)Nc1ccc(Cl)cn1. The predicted molar refractivity (Wildman–Crippen MR) is 101 cm³/mol. The van der Waals surface area contributed by atoms with Crippen LogP contribution in [0.5, 0.6) is 0 Å². The van der Waals surface area contributed by atoms with Crippen LogP contribution in [0.3, 0.4) is 0 Å². The number of anilines is 1. The summed E-state index contributed by atoms with van der Waals surface area (Å²) in [5.74, 6) is 0.469. The Bertz CT molecular complexity index is 698. The highest BCUT2D eigenvalue weighted by molar-refractivity contribution is 6.30. The van der Waals surface area contributed by atoms with Crippen molar-refractivity contribution >= 4 is 34.9 Å². The standard InChI is InChI=1S/C18H20Cl2N4O/c19-15-3-1-14(2-4-15)12-23-7-9-24(10-8-23)13-18(25)22-17-6-5-16(20)11-21-17/h1-6,11H,7-10,12-13H2,(H,21,22,25). The van der Waals surface area contributed by atoms with Gasteiger partial charge in [0.1, 0.15) is 5.82 Å². The Labute approximate surface area is 157 Å². The molecule has 0 radical (unpaired) electrons. The summed E-state index contributed by atoms with van der Waals surface area (Å²) in [5.41, 5.74) is 1.25. The van der Waals surface area contributed by atoms with Crippen molar-refractivity contribution in [3.63, 3.8) is 0 Å². The predicted octanol–water partition coefficient (Wildman–Crippen LogP) is 3.14. The molecule has 1 aromatic heterocycles. The van der Waals surface area contributed by atoms with Crippen molar-refractivity contribution in [2.75, 3.05) is 38.0 Å². The average Bonchev–Trinajstić information content (AvgIpc) is 2.61. The number of carbonyl (C=O) groups is 1. The third-order valence-electron chi connectivity index (χ3n) is 4.15. The van der Waals surface area contributed by atoms with E-state index in [4.69, 9.17) is 23.2 Å². The lowest BCUT2D eigenvalue weighted by atomic mass is 10.2. The minimum absolute atomic E-state index is 0.0547. The van der Waals surface area contributed by atoms with Crippen molar-refractivity contribution < 1.29 is 4.79 Å². The van der Waals surface area contributed by atoms with E-state index in [1.807, 2.05) is 12.1 Å². The molecule has 1 aromatic carbocycles. The van der Waals surface area contributed by atoms with Gasteiger partial charge in [0.2, 0.25) is 5.91 Å². The second kappa shape index (κ2) is 8.63. The normalized spacial score (nSPS) is 15.9. The molecule has 0 spiro atoms. The zero-order valence-electron chi connectivity index (χ0n) is 13.8. The summed E-state index contributed by atoms with van der Waals surface area (Å²) < 4.78 is 0. The third kappa shape index (κ3) is 5.68. The van der Waals surface area contributed by atoms with Gasteiger partial charge < -0.3 is 5.32 Å². The third-order valence-corrected chi connectivity index (χ3v) is 4.62. The van der Waals surface area contributed by atoms with Crippen LogP contribution in [0.25, 0.3) is 0 Å². The highest BCUT2D eigenvalue weighted by Crippen LogP contribution is 2.13. The van der Waals surface area contributed by atoms with Gasteiger partial charge in [-0.3, -0.25) is 14.6 Å². The topological polar surface area (TPSA) is 48.5 Å². The number of rotatable bonds is 5. The van der Waals surface area contributed by atoms with E-state index in [0.29, 0.717) is 17.4 Å². The van der Waals surface area contributed by atoms with E-state index in [1.165, 1.54) is 11.8 Å². The lowest BCUT2D eigenvalue weighted by molar-refractivity contribution is -0.117. The maximum atomic E-state index is 12.1. The van der Waals surface area contributed by atoms with Gasteiger partial charge in [-0.2, -0.15) is 0 Å². The molecule has 0 bridgehead atoms. The van der Waals surface area contributed by atoms with Gasteiger partial charge >= 0.3 is 0 Å². The summed E-state index contributed by atoms with van der Waals surface area (Å²) in [6, 6.07) is 11.4. The van der Waals surface area contributed by atoms with E-state index in [1.54, 1.807) is 12.1 Å². The molecule has 25 heavy (non-hydrogen) atoms. The van der Waals surface area contributed by atoms with E-state index >= 15 is 0 Å². The minimum atomic E-state index is -0.0547. The number of hydrogen-bond acceptors (Lipinski definition) is 4. The molecule has 2 aromatic rings. The highest BCUT2D eigenvalue weighted by atomic mass is 35.5. The van der Waals surface area contributed by atoms with E-state index in [0.717, 1.165) is 37.7 Å². The van der Waals surface area contributed by atoms with Crippen molar-refractivity contribution in [1.29, 1.82) is 0 Å². The molecule has 1 aliphatic rings. The van der Waals surface area contributed by atoms with E-state index in [2.05, 4.69) is 32.2 Å². The number of halogens is 2. The minimum Gasteiger partial charge on any atom is -0.310 e. The number of amides is 1. The zero-order chi connectivity index (χ0) is 17.6. The van der Waals surface area contributed by atoms with Crippen molar-refractivity contribution in [2.45, 2.75) is 6.54 Å². The van der Waals surface area contributed by atoms with E-state index < -0.39 is 0 Å². The fourth-order valence-corrected chi connectivity index (χ4v) is 3.03. The number of nitrogens with zero attached hydrogens (tertiary/aromatic N) is 3. The molecule has 1 fully saturated rings. The lowest BCUT2D eigenvalue weighted by Gasteiger charge is -2.34. The number of pyridine rings is 1. The van der Waals surface area contributed by atoms with Crippen LogP contribution in [0.15, 0.2) is 42.6 Å². The Balaban J connectivity index is 1.42. The monoisotopic (exact) mass is 378 g/mol. The molecule has 1 N–H and O–H groups in total. The molecule has 0 saturated carbocycles. The zero-order valence-corrected chi connectivity index (χ0v) is 15.3. The highest BCUT2D eigenvalue weighted by Gasteiger charge is 2.19. The van der Waals surface area contributed by atoms with Crippen LogP contribution < -0.4 is 5.32 Å².